The highest BCUT2D eigenvalue weighted by Gasteiger charge is 2.24. The molecule has 1 N–H and O–H groups in total. The fourth-order valence-corrected chi connectivity index (χ4v) is 1.76. The predicted octanol–water partition coefficient (Wildman–Crippen LogP) is 4.10. The van der Waals surface area contributed by atoms with Gasteiger partial charge in [-0.05, 0) is 30.3 Å². The number of hydrogen-bond donors (Lipinski definition) is 1. The molecule has 3 aromatic rings. The second-order valence-electron chi connectivity index (χ2n) is 4.80. The van der Waals surface area contributed by atoms with Crippen LogP contribution < -0.4 is 0 Å². The van der Waals surface area contributed by atoms with E-state index in [2.05, 4.69) is 20.2 Å². The number of benzene rings is 2. The zero-order valence-electron chi connectivity index (χ0n) is 13.6. The summed E-state index contributed by atoms with van der Waals surface area (Å²) in [6, 6.07) is 9.05. The summed E-state index contributed by atoms with van der Waals surface area (Å²) in [5.74, 6) is 0.0694. The number of nitro benzene ring substituents is 2. The van der Waals surface area contributed by atoms with Crippen LogP contribution in [0.15, 0.2) is 77.5 Å². The Kier molecular flexibility index (Phi) is 6.54. The molecular formula is C16H12N6O5. The molecule has 27 heavy (non-hydrogen) atoms. The van der Waals surface area contributed by atoms with Crippen LogP contribution in [-0.4, -0.2) is 24.9 Å². The van der Waals surface area contributed by atoms with Gasteiger partial charge in [0.2, 0.25) is 0 Å². The number of azo groups is 1. The first-order chi connectivity index (χ1) is 13.0. The first-order valence-corrected chi connectivity index (χ1v) is 7.31. The van der Waals surface area contributed by atoms with Crippen LogP contribution in [0.1, 0.15) is 0 Å². The minimum Gasteiger partial charge on any atom is -0.508 e. The number of hydrogen-bond acceptors (Lipinski definition) is 9. The van der Waals surface area contributed by atoms with E-state index < -0.39 is 21.2 Å². The first kappa shape index (κ1) is 19.1. The van der Waals surface area contributed by atoms with Crippen LogP contribution in [0.4, 0.5) is 22.7 Å². The van der Waals surface area contributed by atoms with E-state index in [-0.39, 0.29) is 11.4 Å². The van der Waals surface area contributed by atoms with Crippen molar-refractivity contribution < 1.29 is 15.0 Å². The molecule has 0 aliphatic heterocycles. The number of rotatable bonds is 4. The molecule has 0 spiro atoms. The van der Waals surface area contributed by atoms with Gasteiger partial charge in [-0.1, -0.05) is 0 Å². The molecule has 2 aromatic carbocycles. The molecule has 0 saturated heterocycles. The zero-order valence-corrected chi connectivity index (χ0v) is 13.6. The Labute approximate surface area is 152 Å². The van der Waals surface area contributed by atoms with E-state index in [0.29, 0.717) is 5.69 Å². The van der Waals surface area contributed by atoms with Crippen molar-refractivity contribution in [3.05, 3.63) is 87.5 Å². The highest BCUT2D eigenvalue weighted by Crippen LogP contribution is 2.31. The maximum atomic E-state index is 10.8. The van der Waals surface area contributed by atoms with Crippen LogP contribution in [0.3, 0.4) is 0 Å². The molecule has 1 aromatic heterocycles. The summed E-state index contributed by atoms with van der Waals surface area (Å²) in [4.78, 5) is 27.2. The third kappa shape index (κ3) is 5.94. The molecule has 0 aliphatic rings. The predicted molar refractivity (Wildman–Crippen MR) is 94.1 cm³/mol. The van der Waals surface area contributed by atoms with Crippen LogP contribution in [-0.2, 0) is 0 Å². The molecule has 1 heterocycles. The summed E-state index contributed by atoms with van der Waals surface area (Å²) in [7, 11) is 0. The fourth-order valence-electron chi connectivity index (χ4n) is 1.76. The van der Waals surface area contributed by atoms with Gasteiger partial charge >= 0.3 is 11.4 Å². The molecule has 0 fully saturated rings. The van der Waals surface area contributed by atoms with E-state index in [9.17, 15) is 20.2 Å². The Morgan fingerprint density at radius 3 is 1.70 bits per heavy atom. The zero-order chi connectivity index (χ0) is 19.6. The van der Waals surface area contributed by atoms with Gasteiger partial charge in [-0.15, -0.1) is 0 Å². The van der Waals surface area contributed by atoms with E-state index in [1.54, 1.807) is 24.8 Å². The van der Waals surface area contributed by atoms with Crippen molar-refractivity contribution in [1.29, 1.82) is 0 Å². The maximum absolute atomic E-state index is 10.8. The quantitative estimate of drug-likeness (QED) is 0.412. The first-order valence-electron chi connectivity index (χ1n) is 7.31. The van der Waals surface area contributed by atoms with Crippen molar-refractivity contribution in [3.8, 4) is 5.75 Å². The Balaban J connectivity index is 0.000000369. The number of nitrogens with zero attached hydrogens (tertiary/aromatic N) is 6. The average molecular weight is 368 g/mol. The normalized spacial score (nSPS) is 10.1. The highest BCUT2D eigenvalue weighted by atomic mass is 16.6. The SMILES string of the molecule is O=[N+]([O-])c1ccc(N=Nc2ccc(O)cc2)cc1[N+](=O)[O-].c1cnccn1. The van der Waals surface area contributed by atoms with Crippen LogP contribution in [0.5, 0.6) is 5.75 Å². The number of phenolic OH excluding ortho intramolecular Hbond substituents is 1. The molecule has 136 valence electrons. The number of phenols is 1. The number of aromatic hydroxyl groups is 1. The van der Waals surface area contributed by atoms with Gasteiger partial charge in [-0.3, -0.25) is 30.2 Å². The van der Waals surface area contributed by atoms with Crippen LogP contribution in [0.2, 0.25) is 0 Å². The highest BCUT2D eigenvalue weighted by molar-refractivity contribution is 5.59. The Hall–Kier alpha value is -4.28. The van der Waals surface area contributed by atoms with Gasteiger partial charge in [0.1, 0.15) is 5.75 Å². The molecule has 11 heteroatoms. The molecule has 0 aliphatic carbocycles. The van der Waals surface area contributed by atoms with Crippen molar-refractivity contribution in [3.63, 3.8) is 0 Å². The van der Waals surface area contributed by atoms with Crippen LogP contribution in [0.25, 0.3) is 0 Å². The van der Waals surface area contributed by atoms with E-state index in [1.165, 1.54) is 30.3 Å². The monoisotopic (exact) mass is 368 g/mol. The van der Waals surface area contributed by atoms with Crippen molar-refractivity contribution in [2.45, 2.75) is 0 Å². The number of aromatic nitrogens is 2. The molecule has 3 rings (SSSR count). The summed E-state index contributed by atoms with van der Waals surface area (Å²) >= 11 is 0. The average Bonchev–Trinajstić information content (AvgIpc) is 2.69. The summed E-state index contributed by atoms with van der Waals surface area (Å²) in [6.45, 7) is 0. The Bertz CT molecular complexity index is 921. The minimum absolute atomic E-state index is 0.0694. The lowest BCUT2D eigenvalue weighted by Crippen LogP contribution is -1.95. The molecule has 0 amide bonds. The minimum atomic E-state index is -0.849. The topological polar surface area (TPSA) is 157 Å². The summed E-state index contributed by atoms with van der Waals surface area (Å²) in [5.41, 5.74) is -0.722. The van der Waals surface area contributed by atoms with Crippen molar-refractivity contribution >= 4 is 22.7 Å². The van der Waals surface area contributed by atoms with Gasteiger partial charge in [0.05, 0.1) is 27.3 Å². The van der Waals surface area contributed by atoms with E-state index in [1.807, 2.05) is 0 Å². The lowest BCUT2D eigenvalue weighted by molar-refractivity contribution is -0.422. The maximum Gasteiger partial charge on any atom is 0.348 e. The van der Waals surface area contributed by atoms with Gasteiger partial charge < -0.3 is 5.11 Å². The second-order valence-corrected chi connectivity index (χ2v) is 4.80. The van der Waals surface area contributed by atoms with Gasteiger partial charge in [0.15, 0.2) is 0 Å². The molecule has 0 saturated carbocycles. The molecule has 0 bridgehead atoms. The third-order valence-electron chi connectivity index (χ3n) is 2.96. The van der Waals surface area contributed by atoms with Crippen molar-refractivity contribution in [1.82, 2.24) is 9.97 Å². The standard InChI is InChI=1S/C12H8N4O5.C4H4N2/c17-10-4-1-8(2-5-10)13-14-9-3-6-11(15(18)19)12(7-9)16(20)21;1-2-6-4-3-5-1/h1-7,17H;1-4H. The summed E-state index contributed by atoms with van der Waals surface area (Å²) in [5, 5.41) is 38.2. The van der Waals surface area contributed by atoms with Gasteiger partial charge in [-0.2, -0.15) is 10.2 Å². The molecule has 0 unspecified atom stereocenters. The number of nitro groups is 2. The van der Waals surface area contributed by atoms with Gasteiger partial charge in [-0.25, -0.2) is 0 Å². The van der Waals surface area contributed by atoms with Crippen LogP contribution in [0, 0.1) is 20.2 Å². The largest absolute Gasteiger partial charge is 0.508 e. The van der Waals surface area contributed by atoms with E-state index in [4.69, 9.17) is 5.11 Å². The van der Waals surface area contributed by atoms with Crippen molar-refractivity contribution in [2.24, 2.45) is 10.2 Å². The van der Waals surface area contributed by atoms with Crippen LogP contribution >= 0.6 is 0 Å². The molecule has 0 atom stereocenters. The summed E-state index contributed by atoms with van der Waals surface area (Å²) in [6.07, 6.45) is 6.56. The lowest BCUT2D eigenvalue weighted by atomic mass is 10.2. The third-order valence-corrected chi connectivity index (χ3v) is 2.96. The molecular weight excluding hydrogens is 356 g/mol. The van der Waals surface area contributed by atoms with Gasteiger partial charge in [0.25, 0.3) is 0 Å². The Morgan fingerprint density at radius 2 is 1.22 bits per heavy atom. The second kappa shape index (κ2) is 9.27. The van der Waals surface area contributed by atoms with E-state index >= 15 is 0 Å². The van der Waals surface area contributed by atoms with E-state index in [0.717, 1.165) is 12.1 Å². The van der Waals surface area contributed by atoms with Crippen molar-refractivity contribution in [2.75, 3.05) is 0 Å². The summed E-state index contributed by atoms with van der Waals surface area (Å²) < 4.78 is 0. The smallest absolute Gasteiger partial charge is 0.348 e. The lowest BCUT2D eigenvalue weighted by Gasteiger charge is -1.96. The molecule has 11 nitrogen and oxygen atoms in total. The fraction of sp³-hybridized carbons (Fsp3) is 0. The van der Waals surface area contributed by atoms with Gasteiger partial charge in [0, 0.05) is 30.9 Å². The molecule has 0 radical (unpaired) electrons. The Morgan fingerprint density at radius 1 is 0.741 bits per heavy atom.